The van der Waals surface area contributed by atoms with Gasteiger partial charge in [0.2, 0.25) is 5.91 Å². The number of thioether (sulfide) groups is 1. The molecule has 42 heavy (non-hydrogen) atoms. The number of fused-ring (bicyclic) bond motifs is 1. The number of benzene rings is 1. The number of likely N-dealkylation sites (tertiary alicyclic amines) is 1. The van der Waals surface area contributed by atoms with Crippen molar-refractivity contribution in [2.75, 3.05) is 19.6 Å². The third kappa shape index (κ3) is 6.00. The van der Waals surface area contributed by atoms with Gasteiger partial charge in [0.1, 0.15) is 0 Å². The predicted molar refractivity (Wildman–Crippen MR) is 155 cm³/mol. The van der Waals surface area contributed by atoms with Gasteiger partial charge in [-0.25, -0.2) is 13.8 Å². The van der Waals surface area contributed by atoms with Crippen molar-refractivity contribution in [3.05, 3.63) is 57.0 Å². The van der Waals surface area contributed by atoms with Crippen molar-refractivity contribution in [3.63, 3.8) is 0 Å². The molecule has 11 heteroatoms. The summed E-state index contributed by atoms with van der Waals surface area (Å²) in [5.74, 6) is -4.30. The quantitative estimate of drug-likeness (QED) is 0.433. The molecule has 2 aliphatic heterocycles. The zero-order chi connectivity index (χ0) is 29.6. The number of carboxylic acids is 1. The number of carbonyl (C=O) groups is 2. The van der Waals surface area contributed by atoms with Crippen LogP contribution in [0.2, 0.25) is 0 Å². The lowest BCUT2D eigenvalue weighted by molar-refractivity contribution is -0.142. The Bertz CT molecular complexity index is 1390. The molecule has 226 valence electrons. The molecule has 3 heterocycles. The Morgan fingerprint density at radius 2 is 1.81 bits per heavy atom. The maximum atomic E-state index is 13.9. The van der Waals surface area contributed by atoms with E-state index in [4.69, 9.17) is 4.98 Å². The normalized spacial score (nSPS) is 22.2. The summed E-state index contributed by atoms with van der Waals surface area (Å²) in [5, 5.41) is 10.1. The van der Waals surface area contributed by atoms with Gasteiger partial charge >= 0.3 is 5.97 Å². The van der Waals surface area contributed by atoms with Crippen LogP contribution in [-0.2, 0) is 29.1 Å². The van der Waals surface area contributed by atoms with Gasteiger partial charge in [0.05, 0.1) is 35.7 Å². The van der Waals surface area contributed by atoms with Gasteiger partial charge in [0, 0.05) is 50.7 Å². The summed E-state index contributed by atoms with van der Waals surface area (Å²) < 4.78 is 29.3. The zero-order valence-corrected chi connectivity index (χ0v) is 24.8. The Labute approximate surface area is 248 Å². The van der Waals surface area contributed by atoms with E-state index in [1.54, 1.807) is 23.6 Å². The second kappa shape index (κ2) is 11.7. The van der Waals surface area contributed by atoms with Gasteiger partial charge < -0.3 is 10.0 Å². The monoisotopic (exact) mass is 600 g/mol. The van der Waals surface area contributed by atoms with Crippen LogP contribution in [0.25, 0.3) is 0 Å². The minimum absolute atomic E-state index is 0.0179. The minimum Gasteiger partial charge on any atom is -0.481 e. The standard InChI is InChI=1S/C31H38F2N4O4S/c1-19(29(40)41)21-9-7-20(8-10-21)15-35-16-22(17-35)27(38)36-12-11-26-25(18-36)28(39)37(23-13-31(32,33)14-23)30(34-26)42-24-5-3-2-4-6-24/h7-10,19,22-24H,2-6,11-18H2,1H3,(H,40,41). The van der Waals surface area contributed by atoms with E-state index in [2.05, 4.69) is 4.90 Å². The Morgan fingerprint density at radius 3 is 2.45 bits per heavy atom. The van der Waals surface area contributed by atoms with E-state index in [0.29, 0.717) is 54.3 Å². The average molecular weight is 601 g/mol. The minimum atomic E-state index is -2.75. The molecule has 8 nitrogen and oxygen atoms in total. The number of nitrogens with zero attached hydrogens (tertiary/aromatic N) is 4. The number of carboxylic acid groups (broad SMARTS) is 1. The first-order chi connectivity index (χ1) is 20.1. The van der Waals surface area contributed by atoms with Gasteiger partial charge in [-0.2, -0.15) is 0 Å². The highest BCUT2D eigenvalue weighted by atomic mass is 32.2. The van der Waals surface area contributed by atoms with Gasteiger partial charge in [0.25, 0.3) is 11.5 Å². The van der Waals surface area contributed by atoms with Crippen LogP contribution in [0.1, 0.15) is 86.2 Å². The molecule has 1 saturated heterocycles. The summed E-state index contributed by atoms with van der Waals surface area (Å²) >= 11 is 1.58. The van der Waals surface area contributed by atoms with E-state index >= 15 is 0 Å². The van der Waals surface area contributed by atoms with Crippen LogP contribution in [-0.4, -0.2) is 67.1 Å². The molecule has 2 saturated carbocycles. The molecule has 1 atom stereocenters. The fourth-order valence-electron chi connectivity index (χ4n) is 6.63. The number of amides is 1. The van der Waals surface area contributed by atoms with Crippen molar-refractivity contribution >= 4 is 23.6 Å². The Balaban J connectivity index is 1.11. The zero-order valence-electron chi connectivity index (χ0n) is 23.9. The van der Waals surface area contributed by atoms with Crippen LogP contribution < -0.4 is 5.56 Å². The van der Waals surface area contributed by atoms with Crippen molar-refractivity contribution in [3.8, 4) is 0 Å². The first-order valence-electron chi connectivity index (χ1n) is 15.1. The van der Waals surface area contributed by atoms with Crippen LogP contribution in [0, 0.1) is 5.92 Å². The third-order valence-corrected chi connectivity index (χ3v) is 10.7. The average Bonchev–Trinajstić information content (AvgIpc) is 2.93. The van der Waals surface area contributed by atoms with E-state index in [0.717, 1.165) is 36.8 Å². The van der Waals surface area contributed by atoms with Crippen molar-refractivity contribution in [2.24, 2.45) is 5.92 Å². The summed E-state index contributed by atoms with van der Waals surface area (Å²) in [7, 11) is 0. The van der Waals surface area contributed by atoms with Crippen LogP contribution >= 0.6 is 11.8 Å². The van der Waals surface area contributed by atoms with Gasteiger partial charge in [-0.15, -0.1) is 0 Å². The summed E-state index contributed by atoms with van der Waals surface area (Å²) in [6.45, 7) is 4.25. The molecular formula is C31H38F2N4O4S. The van der Waals surface area contributed by atoms with E-state index in [9.17, 15) is 28.3 Å². The molecule has 1 amide bonds. The molecule has 1 unspecified atom stereocenters. The molecule has 1 aromatic heterocycles. The second-order valence-corrected chi connectivity index (χ2v) is 13.8. The molecule has 3 fully saturated rings. The molecule has 6 rings (SSSR count). The van der Waals surface area contributed by atoms with E-state index in [1.165, 1.54) is 11.0 Å². The Morgan fingerprint density at radius 1 is 1.12 bits per heavy atom. The van der Waals surface area contributed by atoms with Crippen molar-refractivity contribution in [1.29, 1.82) is 0 Å². The largest absolute Gasteiger partial charge is 0.481 e. The maximum absolute atomic E-state index is 13.9. The van der Waals surface area contributed by atoms with Crippen LogP contribution in [0.5, 0.6) is 0 Å². The first kappa shape index (κ1) is 29.3. The molecule has 1 N–H and O–H groups in total. The number of hydrogen-bond donors (Lipinski definition) is 1. The number of carbonyl (C=O) groups excluding carboxylic acids is 1. The van der Waals surface area contributed by atoms with Crippen molar-refractivity contribution in [2.45, 2.75) is 99.7 Å². The maximum Gasteiger partial charge on any atom is 0.310 e. The fraction of sp³-hybridized carbons (Fsp3) is 0.613. The number of aromatic nitrogens is 2. The van der Waals surface area contributed by atoms with Crippen LogP contribution in [0.4, 0.5) is 8.78 Å². The lowest BCUT2D eigenvalue weighted by Crippen LogP contribution is -2.55. The van der Waals surface area contributed by atoms with Crippen LogP contribution in [0.3, 0.4) is 0 Å². The fourth-order valence-corrected chi connectivity index (χ4v) is 8.01. The summed E-state index contributed by atoms with van der Waals surface area (Å²) in [6, 6.07) is 6.99. The lowest BCUT2D eigenvalue weighted by Gasteiger charge is -2.42. The predicted octanol–water partition coefficient (Wildman–Crippen LogP) is 4.84. The third-order valence-electron chi connectivity index (χ3n) is 9.36. The first-order valence-corrected chi connectivity index (χ1v) is 16.0. The Kier molecular flexibility index (Phi) is 8.17. The number of halogens is 2. The summed E-state index contributed by atoms with van der Waals surface area (Å²) in [6.07, 6.45) is 5.40. The lowest BCUT2D eigenvalue weighted by atomic mass is 9.88. The molecule has 0 spiro atoms. The number of rotatable bonds is 8. The Hall–Kier alpha value is -2.79. The van der Waals surface area contributed by atoms with Crippen molar-refractivity contribution in [1.82, 2.24) is 19.4 Å². The van der Waals surface area contributed by atoms with Gasteiger partial charge in [-0.1, -0.05) is 55.3 Å². The summed E-state index contributed by atoms with van der Waals surface area (Å²) in [4.78, 5) is 47.2. The highest BCUT2D eigenvalue weighted by molar-refractivity contribution is 7.99. The molecule has 4 aliphatic rings. The molecule has 2 aromatic rings. The molecule has 0 bridgehead atoms. The van der Waals surface area contributed by atoms with Gasteiger partial charge in [0.15, 0.2) is 5.16 Å². The second-order valence-electron chi connectivity index (χ2n) is 12.5. The highest BCUT2D eigenvalue weighted by Crippen LogP contribution is 2.47. The SMILES string of the molecule is CC(C(=O)O)c1ccc(CN2CC(C(=O)N3CCc4nc(SC5CCCCC5)n(C5CC(F)(F)C5)c(=O)c4C3)C2)cc1. The summed E-state index contributed by atoms with van der Waals surface area (Å²) in [5.41, 5.74) is 2.74. The van der Waals surface area contributed by atoms with E-state index in [-0.39, 0.29) is 36.8 Å². The van der Waals surface area contributed by atoms with E-state index < -0.39 is 23.9 Å². The smallest absolute Gasteiger partial charge is 0.310 e. The van der Waals surface area contributed by atoms with Crippen molar-refractivity contribution < 1.29 is 23.5 Å². The molecule has 0 radical (unpaired) electrons. The molecular weight excluding hydrogens is 562 g/mol. The van der Waals surface area contributed by atoms with Crippen LogP contribution in [0.15, 0.2) is 34.2 Å². The van der Waals surface area contributed by atoms with E-state index in [1.807, 2.05) is 24.3 Å². The van der Waals surface area contributed by atoms with Gasteiger partial charge in [-0.3, -0.25) is 23.9 Å². The number of alkyl halides is 2. The van der Waals surface area contributed by atoms with Gasteiger partial charge in [-0.05, 0) is 30.9 Å². The molecule has 2 aliphatic carbocycles. The molecule has 1 aromatic carbocycles. The highest BCUT2D eigenvalue weighted by Gasteiger charge is 2.48. The number of aliphatic carboxylic acids is 1. The topological polar surface area (TPSA) is 95.7 Å². The number of hydrogen-bond acceptors (Lipinski definition) is 6.